The van der Waals surface area contributed by atoms with Gasteiger partial charge in [0.1, 0.15) is 5.69 Å². The Hall–Kier alpha value is -2.37. The van der Waals surface area contributed by atoms with E-state index >= 15 is 0 Å². The molecule has 1 heterocycles. The van der Waals surface area contributed by atoms with Crippen molar-refractivity contribution >= 4 is 43.9 Å². The van der Waals surface area contributed by atoms with Crippen molar-refractivity contribution in [3.8, 4) is 0 Å². The van der Waals surface area contributed by atoms with Crippen LogP contribution in [-0.4, -0.2) is 41.3 Å². The Bertz CT molecular complexity index is 879. The van der Waals surface area contributed by atoms with Gasteiger partial charge in [0.15, 0.2) is 0 Å². The van der Waals surface area contributed by atoms with Crippen LogP contribution in [0.3, 0.4) is 0 Å². The fourth-order valence-electron chi connectivity index (χ4n) is 1.98. The molecule has 0 radical (unpaired) electrons. The molecule has 3 N–H and O–H groups in total. The van der Waals surface area contributed by atoms with E-state index in [0.717, 1.165) is 5.56 Å². The second-order valence-corrected chi connectivity index (χ2v) is 7.52. The molecular formula is C14H16N4O5S2. The van der Waals surface area contributed by atoms with Crippen molar-refractivity contribution in [3.63, 3.8) is 0 Å². The van der Waals surface area contributed by atoms with E-state index in [2.05, 4.69) is 20.5 Å². The minimum absolute atomic E-state index is 0.0387. The number of nitrogens with one attached hydrogen (secondary N) is 1. The number of aromatic nitrogens is 1. The minimum atomic E-state index is -4.01. The predicted molar refractivity (Wildman–Crippen MR) is 94.0 cm³/mol. The summed E-state index contributed by atoms with van der Waals surface area (Å²) in [5.74, 6) is -1.53. The van der Waals surface area contributed by atoms with Crippen molar-refractivity contribution in [1.29, 1.82) is 0 Å². The summed E-state index contributed by atoms with van der Waals surface area (Å²) in [5.41, 5.74) is 1.43. The number of rotatable bonds is 8. The van der Waals surface area contributed by atoms with Gasteiger partial charge < -0.3 is 10.4 Å². The summed E-state index contributed by atoms with van der Waals surface area (Å²) in [6, 6.07) is 2.99. The number of aromatic carboxylic acids is 1. The number of anilines is 1. The fraction of sp³-hybridized carbons (Fsp3) is 0.286. The summed E-state index contributed by atoms with van der Waals surface area (Å²) in [7, 11) is -4.01. The van der Waals surface area contributed by atoms with Gasteiger partial charge in [-0.2, -0.15) is 8.42 Å². The first kappa shape index (κ1) is 19.0. The van der Waals surface area contributed by atoms with Gasteiger partial charge >= 0.3 is 5.97 Å². The highest BCUT2D eigenvalue weighted by atomic mass is 32.2. The molecule has 2 aromatic rings. The van der Waals surface area contributed by atoms with Gasteiger partial charge in [-0.25, -0.2) is 9.78 Å². The summed E-state index contributed by atoms with van der Waals surface area (Å²) in [4.78, 5) is 15.4. The third-order valence-electron chi connectivity index (χ3n) is 3.13. The Morgan fingerprint density at radius 1 is 1.36 bits per heavy atom. The molecule has 11 heteroatoms. The second kappa shape index (κ2) is 8.14. The summed E-state index contributed by atoms with van der Waals surface area (Å²) in [5, 5.41) is 22.3. The molecule has 0 spiro atoms. The third-order valence-corrected chi connectivity index (χ3v) is 4.59. The fourth-order valence-corrected chi connectivity index (χ4v) is 2.94. The van der Waals surface area contributed by atoms with Crippen molar-refractivity contribution in [2.24, 2.45) is 10.2 Å². The van der Waals surface area contributed by atoms with E-state index in [4.69, 9.17) is 4.55 Å². The number of carbonyl (C=O) groups is 1. The van der Waals surface area contributed by atoms with Gasteiger partial charge in [0.05, 0.1) is 11.3 Å². The number of nitrogens with zero attached hydrogens (tertiary/aromatic N) is 3. The second-order valence-electron chi connectivity index (χ2n) is 5.07. The van der Waals surface area contributed by atoms with Crippen LogP contribution in [-0.2, 0) is 10.1 Å². The lowest BCUT2D eigenvalue weighted by Gasteiger charge is -2.11. The SMILES string of the molecule is Cc1cc(N=Nc2nccs2)c(C(=O)O)cc1NCCCS(=O)(=O)O. The number of carboxylic acid groups (broad SMARTS) is 1. The predicted octanol–water partition coefficient (Wildman–Crippen LogP) is 3.25. The molecule has 1 aromatic heterocycles. The molecule has 0 saturated heterocycles. The maximum Gasteiger partial charge on any atom is 0.338 e. The Morgan fingerprint density at radius 2 is 2.12 bits per heavy atom. The molecule has 134 valence electrons. The van der Waals surface area contributed by atoms with Crippen LogP contribution >= 0.6 is 11.3 Å². The molecule has 0 bridgehead atoms. The quantitative estimate of drug-likeness (QED) is 0.360. The Morgan fingerprint density at radius 3 is 2.72 bits per heavy atom. The van der Waals surface area contributed by atoms with E-state index in [0.29, 0.717) is 10.8 Å². The van der Waals surface area contributed by atoms with Crippen LogP contribution in [0.25, 0.3) is 0 Å². The molecule has 0 atom stereocenters. The van der Waals surface area contributed by atoms with Crippen molar-refractivity contribution in [1.82, 2.24) is 4.98 Å². The Labute approximate surface area is 148 Å². The van der Waals surface area contributed by atoms with Crippen LogP contribution in [0.1, 0.15) is 22.3 Å². The molecular weight excluding hydrogens is 368 g/mol. The van der Waals surface area contributed by atoms with Crippen LogP contribution < -0.4 is 5.32 Å². The largest absolute Gasteiger partial charge is 0.478 e. The number of hydrogen-bond donors (Lipinski definition) is 3. The van der Waals surface area contributed by atoms with Crippen LogP contribution in [0.15, 0.2) is 33.9 Å². The topological polar surface area (TPSA) is 141 Å². The van der Waals surface area contributed by atoms with Gasteiger partial charge in [-0.05, 0) is 31.0 Å². The maximum absolute atomic E-state index is 11.5. The zero-order chi connectivity index (χ0) is 18.4. The van der Waals surface area contributed by atoms with E-state index in [1.807, 2.05) is 0 Å². The van der Waals surface area contributed by atoms with Crippen molar-refractivity contribution in [3.05, 3.63) is 34.8 Å². The van der Waals surface area contributed by atoms with E-state index in [1.54, 1.807) is 24.6 Å². The maximum atomic E-state index is 11.5. The molecule has 0 aliphatic carbocycles. The summed E-state index contributed by atoms with van der Waals surface area (Å²) in [6.07, 6.45) is 1.76. The third kappa shape index (κ3) is 5.89. The monoisotopic (exact) mass is 384 g/mol. The lowest BCUT2D eigenvalue weighted by atomic mass is 10.1. The molecule has 0 aliphatic heterocycles. The van der Waals surface area contributed by atoms with Crippen LogP contribution in [0.2, 0.25) is 0 Å². The number of hydrogen-bond acceptors (Lipinski definition) is 8. The van der Waals surface area contributed by atoms with Crippen molar-refractivity contribution < 1.29 is 22.9 Å². The molecule has 0 unspecified atom stereocenters. The molecule has 0 amide bonds. The number of aryl methyl sites for hydroxylation is 1. The van der Waals surface area contributed by atoms with E-state index < -0.39 is 16.1 Å². The highest BCUT2D eigenvalue weighted by Gasteiger charge is 2.14. The van der Waals surface area contributed by atoms with Gasteiger partial charge in [0.25, 0.3) is 10.1 Å². The van der Waals surface area contributed by atoms with Crippen LogP contribution in [0.4, 0.5) is 16.5 Å². The highest BCUT2D eigenvalue weighted by molar-refractivity contribution is 7.85. The van der Waals surface area contributed by atoms with Gasteiger partial charge in [-0.3, -0.25) is 4.55 Å². The van der Waals surface area contributed by atoms with E-state index in [-0.39, 0.29) is 30.0 Å². The Balaban J connectivity index is 2.17. The molecule has 0 fully saturated rings. The minimum Gasteiger partial charge on any atom is -0.478 e. The zero-order valence-corrected chi connectivity index (χ0v) is 14.8. The highest BCUT2D eigenvalue weighted by Crippen LogP contribution is 2.29. The first-order valence-corrected chi connectivity index (χ1v) is 9.63. The van der Waals surface area contributed by atoms with Gasteiger partial charge in [-0.1, -0.05) is 0 Å². The summed E-state index contributed by atoms with van der Waals surface area (Å²) < 4.78 is 30.1. The molecule has 0 saturated carbocycles. The lowest BCUT2D eigenvalue weighted by Crippen LogP contribution is -2.11. The van der Waals surface area contributed by atoms with Crippen molar-refractivity contribution in [2.75, 3.05) is 17.6 Å². The van der Waals surface area contributed by atoms with Gasteiger partial charge in [-0.15, -0.1) is 21.6 Å². The average molecular weight is 384 g/mol. The smallest absolute Gasteiger partial charge is 0.338 e. The van der Waals surface area contributed by atoms with Crippen molar-refractivity contribution in [2.45, 2.75) is 13.3 Å². The van der Waals surface area contributed by atoms with Crippen LogP contribution in [0, 0.1) is 6.92 Å². The normalized spacial score (nSPS) is 11.8. The summed E-state index contributed by atoms with van der Waals surface area (Å²) >= 11 is 1.28. The molecule has 9 nitrogen and oxygen atoms in total. The van der Waals surface area contributed by atoms with Gasteiger partial charge in [0.2, 0.25) is 5.13 Å². The zero-order valence-electron chi connectivity index (χ0n) is 13.2. The number of thiazole rings is 1. The molecule has 0 aliphatic rings. The van der Waals surface area contributed by atoms with E-state index in [9.17, 15) is 18.3 Å². The standard InChI is InChI=1S/C14H16N4O5S2/c1-9-7-12(17-18-14-16-4-5-24-14)10(13(19)20)8-11(9)15-3-2-6-25(21,22)23/h4-5,7-8,15H,2-3,6H2,1H3,(H,19,20)(H,21,22,23). The average Bonchev–Trinajstić information content (AvgIpc) is 3.03. The van der Waals surface area contributed by atoms with E-state index in [1.165, 1.54) is 17.4 Å². The van der Waals surface area contributed by atoms with Crippen LogP contribution in [0.5, 0.6) is 0 Å². The number of benzene rings is 1. The molecule has 2 rings (SSSR count). The van der Waals surface area contributed by atoms with Gasteiger partial charge in [0, 0.05) is 23.8 Å². The lowest BCUT2D eigenvalue weighted by molar-refractivity contribution is 0.0697. The molecule has 25 heavy (non-hydrogen) atoms. The first-order chi connectivity index (χ1) is 11.8. The number of azo groups is 1. The first-order valence-electron chi connectivity index (χ1n) is 7.14. The molecule has 1 aromatic carbocycles. The number of carboxylic acids is 1. The Kier molecular flexibility index (Phi) is 6.17. The summed E-state index contributed by atoms with van der Waals surface area (Å²) in [6.45, 7) is 2.03.